The van der Waals surface area contributed by atoms with E-state index in [9.17, 15) is 4.79 Å². The first-order valence-corrected chi connectivity index (χ1v) is 6.26. The molecule has 0 bridgehead atoms. The van der Waals surface area contributed by atoms with Gasteiger partial charge in [0.15, 0.2) is 5.82 Å². The fraction of sp³-hybridized carbons (Fsp3) is 0.182. The van der Waals surface area contributed by atoms with Crippen molar-refractivity contribution in [2.75, 3.05) is 0 Å². The third kappa shape index (κ3) is 3.08. The van der Waals surface area contributed by atoms with Crippen LogP contribution in [0.2, 0.25) is 5.02 Å². The Morgan fingerprint density at radius 1 is 1.56 bits per heavy atom. The third-order valence-electron chi connectivity index (χ3n) is 2.15. The maximum Gasteiger partial charge on any atom is 0.252 e. The van der Waals surface area contributed by atoms with Crippen LogP contribution in [0, 0.1) is 6.92 Å². The zero-order valence-electron chi connectivity index (χ0n) is 9.41. The van der Waals surface area contributed by atoms with E-state index < -0.39 is 0 Å². The summed E-state index contributed by atoms with van der Waals surface area (Å²) in [5, 5.41) is 6.94. The van der Waals surface area contributed by atoms with E-state index in [0.717, 1.165) is 0 Å². The summed E-state index contributed by atoms with van der Waals surface area (Å²) in [5.74, 6) is 0.666. The number of halogens is 2. The second kappa shape index (κ2) is 5.49. The van der Waals surface area contributed by atoms with Gasteiger partial charge in [0.2, 0.25) is 5.89 Å². The molecule has 0 saturated carbocycles. The predicted molar refractivity (Wildman–Crippen MR) is 69.4 cm³/mol. The Morgan fingerprint density at radius 2 is 2.33 bits per heavy atom. The minimum Gasteiger partial charge on any atom is -0.345 e. The lowest BCUT2D eigenvalue weighted by molar-refractivity contribution is 0.0949. The Balaban J connectivity index is 2.03. The standard InChI is InChI=1S/C11H9BrClN3O2/c1-6-15-10(16-18-6)5-14-11(17)8-3-2-7(13)4-9(8)12/h2-4H,5H2,1H3,(H,14,17). The molecule has 1 amide bonds. The van der Waals surface area contributed by atoms with Crippen LogP contribution in [0.25, 0.3) is 0 Å². The van der Waals surface area contributed by atoms with Gasteiger partial charge in [0.1, 0.15) is 0 Å². The van der Waals surface area contributed by atoms with E-state index in [1.54, 1.807) is 25.1 Å². The number of nitrogens with zero attached hydrogens (tertiary/aromatic N) is 2. The highest BCUT2D eigenvalue weighted by atomic mass is 79.9. The lowest BCUT2D eigenvalue weighted by atomic mass is 10.2. The first-order chi connectivity index (χ1) is 8.56. The highest BCUT2D eigenvalue weighted by Gasteiger charge is 2.11. The predicted octanol–water partition coefficient (Wildman–Crippen LogP) is 2.72. The van der Waals surface area contributed by atoms with Crippen molar-refractivity contribution in [2.24, 2.45) is 0 Å². The average Bonchev–Trinajstić information content (AvgIpc) is 2.72. The van der Waals surface area contributed by atoms with Gasteiger partial charge in [0.05, 0.1) is 12.1 Å². The Morgan fingerprint density at radius 3 is 2.94 bits per heavy atom. The minimum atomic E-state index is -0.235. The van der Waals surface area contributed by atoms with Crippen LogP contribution in [0.4, 0.5) is 0 Å². The second-order valence-electron chi connectivity index (χ2n) is 3.54. The zero-order chi connectivity index (χ0) is 13.1. The number of carbonyl (C=O) groups excluding carboxylic acids is 1. The third-order valence-corrected chi connectivity index (χ3v) is 3.04. The Kier molecular flexibility index (Phi) is 3.98. The molecule has 0 unspecified atom stereocenters. The van der Waals surface area contributed by atoms with Crippen LogP contribution in [0.5, 0.6) is 0 Å². The van der Waals surface area contributed by atoms with Crippen LogP contribution in [-0.2, 0) is 6.54 Å². The summed E-state index contributed by atoms with van der Waals surface area (Å²) in [5.41, 5.74) is 0.500. The van der Waals surface area contributed by atoms with Gasteiger partial charge in [-0.2, -0.15) is 4.98 Å². The number of carbonyl (C=O) groups is 1. The Bertz CT molecular complexity index is 585. The number of rotatable bonds is 3. The van der Waals surface area contributed by atoms with Gasteiger partial charge in [-0.3, -0.25) is 4.79 Å². The number of aromatic nitrogens is 2. The molecule has 1 heterocycles. The van der Waals surface area contributed by atoms with Gasteiger partial charge in [0, 0.05) is 16.4 Å². The summed E-state index contributed by atoms with van der Waals surface area (Å²) < 4.78 is 5.44. The minimum absolute atomic E-state index is 0.214. The van der Waals surface area contributed by atoms with Gasteiger partial charge in [0.25, 0.3) is 5.91 Å². The number of aryl methyl sites for hydroxylation is 1. The number of hydrogen-bond acceptors (Lipinski definition) is 4. The van der Waals surface area contributed by atoms with Crippen molar-refractivity contribution < 1.29 is 9.32 Å². The van der Waals surface area contributed by atoms with Gasteiger partial charge in [-0.25, -0.2) is 0 Å². The quantitative estimate of drug-likeness (QED) is 0.939. The maximum atomic E-state index is 11.9. The van der Waals surface area contributed by atoms with E-state index in [0.29, 0.717) is 26.8 Å². The number of benzene rings is 1. The van der Waals surface area contributed by atoms with E-state index in [4.69, 9.17) is 16.1 Å². The molecule has 0 saturated heterocycles. The van der Waals surface area contributed by atoms with Gasteiger partial charge in [-0.1, -0.05) is 16.8 Å². The zero-order valence-corrected chi connectivity index (χ0v) is 11.7. The fourth-order valence-electron chi connectivity index (χ4n) is 1.34. The molecular weight excluding hydrogens is 321 g/mol. The summed E-state index contributed by atoms with van der Waals surface area (Å²) in [6, 6.07) is 4.96. The highest BCUT2D eigenvalue weighted by Crippen LogP contribution is 2.21. The van der Waals surface area contributed by atoms with Gasteiger partial charge in [-0.15, -0.1) is 0 Å². The van der Waals surface area contributed by atoms with Crippen molar-refractivity contribution in [1.82, 2.24) is 15.5 Å². The normalized spacial score (nSPS) is 10.4. The van der Waals surface area contributed by atoms with Gasteiger partial charge < -0.3 is 9.84 Å². The second-order valence-corrected chi connectivity index (χ2v) is 4.83. The van der Waals surface area contributed by atoms with Crippen LogP contribution in [0.1, 0.15) is 22.1 Å². The molecule has 2 rings (SSSR count). The first kappa shape index (κ1) is 13.0. The van der Waals surface area contributed by atoms with E-state index >= 15 is 0 Å². The molecule has 0 spiro atoms. The van der Waals surface area contributed by atoms with E-state index in [1.807, 2.05) is 0 Å². The van der Waals surface area contributed by atoms with Crippen molar-refractivity contribution in [3.8, 4) is 0 Å². The van der Waals surface area contributed by atoms with Crippen LogP contribution < -0.4 is 5.32 Å². The molecule has 0 radical (unpaired) electrons. The molecule has 94 valence electrons. The van der Waals surface area contributed by atoms with Crippen molar-refractivity contribution in [3.05, 3.63) is 45.0 Å². The molecule has 0 aliphatic heterocycles. The Labute approximate surface area is 117 Å². The highest BCUT2D eigenvalue weighted by molar-refractivity contribution is 9.10. The van der Waals surface area contributed by atoms with E-state index in [-0.39, 0.29) is 12.5 Å². The van der Waals surface area contributed by atoms with Crippen molar-refractivity contribution >= 4 is 33.4 Å². The smallest absolute Gasteiger partial charge is 0.252 e. The summed E-state index contributed by atoms with van der Waals surface area (Å²) in [6.45, 7) is 1.90. The molecule has 0 fully saturated rings. The monoisotopic (exact) mass is 329 g/mol. The summed E-state index contributed by atoms with van der Waals surface area (Å²) in [6.07, 6.45) is 0. The molecule has 5 nitrogen and oxygen atoms in total. The molecule has 1 aromatic heterocycles. The fourth-order valence-corrected chi connectivity index (χ4v) is 2.20. The van der Waals surface area contributed by atoms with Crippen LogP contribution >= 0.6 is 27.5 Å². The number of amides is 1. The van der Waals surface area contributed by atoms with Crippen LogP contribution in [0.15, 0.2) is 27.2 Å². The largest absolute Gasteiger partial charge is 0.345 e. The molecule has 18 heavy (non-hydrogen) atoms. The lowest BCUT2D eigenvalue weighted by Crippen LogP contribution is -2.23. The van der Waals surface area contributed by atoms with Crippen molar-refractivity contribution in [2.45, 2.75) is 13.5 Å². The van der Waals surface area contributed by atoms with Crippen molar-refractivity contribution in [3.63, 3.8) is 0 Å². The molecule has 1 N–H and O–H groups in total. The SMILES string of the molecule is Cc1nc(CNC(=O)c2ccc(Cl)cc2Br)no1. The van der Waals surface area contributed by atoms with E-state index in [1.165, 1.54) is 0 Å². The maximum absolute atomic E-state index is 11.9. The topological polar surface area (TPSA) is 68.0 Å². The van der Waals surface area contributed by atoms with Crippen LogP contribution in [-0.4, -0.2) is 16.0 Å². The summed E-state index contributed by atoms with van der Waals surface area (Å²) in [4.78, 5) is 15.9. The molecule has 0 aliphatic carbocycles. The number of hydrogen-bond donors (Lipinski definition) is 1. The molecule has 0 atom stereocenters. The van der Waals surface area contributed by atoms with Gasteiger partial charge in [-0.05, 0) is 34.1 Å². The molecule has 7 heteroatoms. The molecule has 0 aliphatic rings. The average molecular weight is 331 g/mol. The van der Waals surface area contributed by atoms with E-state index in [2.05, 4.69) is 31.4 Å². The van der Waals surface area contributed by atoms with Crippen molar-refractivity contribution in [1.29, 1.82) is 0 Å². The molecule has 1 aromatic carbocycles. The molecule has 2 aromatic rings. The summed E-state index contributed by atoms with van der Waals surface area (Å²) >= 11 is 9.09. The molecular formula is C11H9BrClN3O2. The number of nitrogens with one attached hydrogen (secondary N) is 1. The Hall–Kier alpha value is -1.40. The van der Waals surface area contributed by atoms with Crippen LogP contribution in [0.3, 0.4) is 0 Å². The lowest BCUT2D eigenvalue weighted by Gasteiger charge is -2.05. The van der Waals surface area contributed by atoms with Gasteiger partial charge >= 0.3 is 0 Å². The first-order valence-electron chi connectivity index (χ1n) is 5.08. The summed E-state index contributed by atoms with van der Waals surface area (Å²) in [7, 11) is 0.